The molecule has 0 aromatic rings. The van der Waals surface area contributed by atoms with Gasteiger partial charge in [0.05, 0.1) is 0 Å². The summed E-state index contributed by atoms with van der Waals surface area (Å²) >= 11 is 2.43. The van der Waals surface area contributed by atoms with Crippen molar-refractivity contribution in [2.24, 2.45) is 5.41 Å². The van der Waals surface area contributed by atoms with E-state index in [0.29, 0.717) is 0 Å². The molecule has 0 aliphatic heterocycles. The Morgan fingerprint density at radius 1 is 1.27 bits per heavy atom. The Morgan fingerprint density at radius 2 is 1.82 bits per heavy atom. The Labute approximate surface area is 78.9 Å². The summed E-state index contributed by atoms with van der Waals surface area (Å²) in [6, 6.07) is 0. The number of hydrogen-bond acceptors (Lipinski definition) is 0. The van der Waals surface area contributed by atoms with Crippen molar-refractivity contribution < 1.29 is 17.0 Å². The van der Waals surface area contributed by atoms with Crippen molar-refractivity contribution in [2.45, 2.75) is 27.7 Å². The maximum absolute atomic E-state index is 2.43. The molecule has 0 amide bonds. The van der Waals surface area contributed by atoms with Crippen molar-refractivity contribution in [3.8, 4) is 0 Å². The Balaban J connectivity index is 4.22. The van der Waals surface area contributed by atoms with E-state index in [2.05, 4.69) is 56.8 Å². The molecule has 0 aromatic carbocycles. The molecule has 0 bridgehead atoms. The third kappa shape index (κ3) is 7.84. The van der Waals surface area contributed by atoms with E-state index in [9.17, 15) is 0 Å². The van der Waals surface area contributed by atoms with E-state index in [0.717, 1.165) is 0 Å². The van der Waals surface area contributed by atoms with E-state index < -0.39 is 0 Å². The van der Waals surface area contributed by atoms with E-state index in [4.69, 9.17) is 0 Å². The van der Waals surface area contributed by atoms with Gasteiger partial charge in [0.15, 0.2) is 0 Å². The molecule has 11 heavy (non-hydrogen) atoms. The second kappa shape index (κ2) is 4.74. The monoisotopic (exact) mass is 187 g/mol. The van der Waals surface area contributed by atoms with Gasteiger partial charge in [-0.15, -0.1) is 0 Å². The van der Waals surface area contributed by atoms with Crippen LogP contribution in [-0.2, 0) is 17.0 Å². The summed E-state index contributed by atoms with van der Waals surface area (Å²) in [6.07, 6.45) is 6.42. The summed E-state index contributed by atoms with van der Waals surface area (Å²) in [4.78, 5) is 0. The third-order valence-electron chi connectivity index (χ3n) is 1.11. The van der Waals surface area contributed by atoms with Gasteiger partial charge in [-0.25, -0.2) is 0 Å². The van der Waals surface area contributed by atoms with Crippen LogP contribution in [0, 0.1) is 5.41 Å². The number of hydrogen-bond donors (Lipinski definition) is 0. The zero-order chi connectivity index (χ0) is 8.91. The van der Waals surface area contributed by atoms with Crippen LogP contribution in [0.4, 0.5) is 0 Å². The van der Waals surface area contributed by atoms with E-state index in [-0.39, 0.29) is 5.41 Å². The van der Waals surface area contributed by atoms with Crippen molar-refractivity contribution in [1.29, 1.82) is 0 Å². The summed E-state index contributed by atoms with van der Waals surface area (Å²) in [6.45, 7) is 8.74. The second-order valence-corrected chi connectivity index (χ2v) is 4.23. The van der Waals surface area contributed by atoms with Crippen LogP contribution < -0.4 is 0 Å². The number of rotatable bonds is 2. The molecular weight excluding hydrogens is 171 g/mol. The predicted octanol–water partition coefficient (Wildman–Crippen LogP) is 2.88. The molecule has 61 valence electrons. The van der Waals surface area contributed by atoms with Gasteiger partial charge in [-0.3, -0.25) is 0 Å². The first-order valence-corrected chi connectivity index (χ1v) is 4.60. The molecular formula is C10H16V. The summed E-state index contributed by atoms with van der Waals surface area (Å²) in [5, 5.41) is 0. The minimum atomic E-state index is 0.289. The van der Waals surface area contributed by atoms with E-state index in [1.807, 2.05) is 10.8 Å². The van der Waals surface area contributed by atoms with Gasteiger partial charge in [0.1, 0.15) is 0 Å². The van der Waals surface area contributed by atoms with Gasteiger partial charge in [0, 0.05) is 0 Å². The van der Waals surface area contributed by atoms with E-state index in [1.54, 1.807) is 0 Å². The molecule has 0 aromatic heterocycles. The molecule has 0 spiro atoms. The van der Waals surface area contributed by atoms with Crippen LogP contribution in [0.25, 0.3) is 0 Å². The standard InChI is InChI=1S/C10H16.V/c1-6-7-9(2)8-10(3,4)5;/h1,6-8H,2-5H3;. The normalized spacial score (nSPS) is 13.9. The Bertz CT molecular complexity index is 180. The van der Waals surface area contributed by atoms with Crippen LogP contribution in [0.3, 0.4) is 0 Å². The molecule has 0 aliphatic carbocycles. The predicted molar refractivity (Wildman–Crippen MR) is 48.4 cm³/mol. The molecule has 1 heteroatoms. The van der Waals surface area contributed by atoms with Gasteiger partial charge in [-0.05, 0) is 0 Å². The van der Waals surface area contributed by atoms with Gasteiger partial charge in [0.25, 0.3) is 0 Å². The van der Waals surface area contributed by atoms with Crippen molar-refractivity contribution in [2.75, 3.05) is 0 Å². The minimum absolute atomic E-state index is 0.289. The molecule has 0 unspecified atom stereocenters. The fourth-order valence-corrected chi connectivity index (χ4v) is 1.06. The van der Waals surface area contributed by atoms with Gasteiger partial charge in [-0.1, -0.05) is 0 Å². The van der Waals surface area contributed by atoms with Crippen LogP contribution in [0.1, 0.15) is 27.7 Å². The Morgan fingerprint density at radius 3 is 2.18 bits per heavy atom. The molecule has 0 saturated heterocycles. The van der Waals surface area contributed by atoms with Crippen molar-refractivity contribution in [3.05, 3.63) is 23.8 Å². The topological polar surface area (TPSA) is 0 Å². The number of allylic oxidation sites excluding steroid dienone is 4. The van der Waals surface area contributed by atoms with Gasteiger partial charge < -0.3 is 0 Å². The summed E-state index contributed by atoms with van der Waals surface area (Å²) in [5.74, 6) is 0. The van der Waals surface area contributed by atoms with Crippen LogP contribution in [0.2, 0.25) is 0 Å². The first-order valence-electron chi connectivity index (χ1n) is 3.79. The third-order valence-corrected chi connectivity index (χ3v) is 1.37. The molecule has 0 nitrogen and oxygen atoms in total. The molecule has 0 radical (unpaired) electrons. The molecule has 0 saturated carbocycles. The summed E-state index contributed by atoms with van der Waals surface area (Å²) in [7, 11) is 0. The van der Waals surface area contributed by atoms with Crippen molar-refractivity contribution in [1.82, 2.24) is 0 Å². The quantitative estimate of drug-likeness (QED) is 0.583. The molecule has 0 aliphatic rings. The zero-order valence-corrected chi connectivity index (χ0v) is 9.15. The van der Waals surface area contributed by atoms with Gasteiger partial charge in [0.2, 0.25) is 0 Å². The van der Waals surface area contributed by atoms with Crippen LogP contribution in [0.15, 0.2) is 23.8 Å². The summed E-state index contributed by atoms with van der Waals surface area (Å²) in [5.41, 5.74) is 1.61. The molecule has 0 atom stereocenters. The molecule has 0 fully saturated rings. The average molecular weight is 187 g/mol. The first-order chi connectivity index (χ1) is 4.95. The summed E-state index contributed by atoms with van der Waals surface area (Å²) < 4.78 is 1.98. The zero-order valence-electron chi connectivity index (χ0n) is 7.76. The van der Waals surface area contributed by atoms with Gasteiger partial charge >= 0.3 is 78.6 Å². The van der Waals surface area contributed by atoms with Gasteiger partial charge in [-0.2, -0.15) is 0 Å². The molecule has 0 N–H and O–H groups in total. The maximum atomic E-state index is 2.43. The van der Waals surface area contributed by atoms with Crippen molar-refractivity contribution >= 4 is 4.73 Å². The van der Waals surface area contributed by atoms with E-state index >= 15 is 0 Å². The fraction of sp³-hybridized carbons (Fsp3) is 0.500. The Hall–Kier alpha value is -0.0656. The average Bonchev–Trinajstić information content (AvgIpc) is 1.79. The van der Waals surface area contributed by atoms with Crippen LogP contribution in [-0.4, -0.2) is 4.73 Å². The van der Waals surface area contributed by atoms with E-state index in [1.165, 1.54) is 5.57 Å². The molecule has 0 heterocycles. The fourth-order valence-electron chi connectivity index (χ4n) is 0.926. The SMILES string of the molecule is CC(C=C[CH]=[V])=CC(C)(C)C. The van der Waals surface area contributed by atoms with Crippen molar-refractivity contribution in [3.63, 3.8) is 0 Å². The first kappa shape index (κ1) is 10.9. The Kier molecular flexibility index (Phi) is 4.71. The second-order valence-electron chi connectivity index (χ2n) is 3.76. The van der Waals surface area contributed by atoms with Crippen LogP contribution >= 0.6 is 0 Å². The van der Waals surface area contributed by atoms with Crippen LogP contribution in [0.5, 0.6) is 0 Å². The molecule has 0 rings (SSSR count).